The van der Waals surface area contributed by atoms with Gasteiger partial charge in [0.2, 0.25) is 10.0 Å². The van der Waals surface area contributed by atoms with E-state index in [9.17, 15) is 8.42 Å². The molecule has 1 rings (SSSR count). The summed E-state index contributed by atoms with van der Waals surface area (Å²) in [7, 11) is -3.69. The van der Waals surface area contributed by atoms with Gasteiger partial charge in [-0.2, -0.15) is 0 Å². The van der Waals surface area contributed by atoms with Gasteiger partial charge in [-0.1, -0.05) is 45.2 Å². The van der Waals surface area contributed by atoms with Crippen molar-refractivity contribution < 1.29 is 8.42 Å². The molecule has 0 spiro atoms. The summed E-state index contributed by atoms with van der Waals surface area (Å²) in [4.78, 5) is -0.104. The Kier molecular flexibility index (Phi) is 5.47. The van der Waals surface area contributed by atoms with Crippen molar-refractivity contribution in [1.29, 1.82) is 0 Å². The second-order valence-electron chi connectivity index (χ2n) is 3.17. The van der Waals surface area contributed by atoms with E-state index in [0.29, 0.717) is 10.9 Å². The normalized spacial score (nSPS) is 11.5. The number of benzene rings is 1. The maximum absolute atomic E-state index is 11.9. The van der Waals surface area contributed by atoms with Gasteiger partial charge >= 0.3 is 0 Å². The highest BCUT2D eigenvalue weighted by atomic mass is 79.9. The minimum absolute atomic E-state index is 0.0791. The fourth-order valence-electron chi connectivity index (χ4n) is 1.15. The number of hydrogen-bond acceptors (Lipinski definition) is 2. The van der Waals surface area contributed by atoms with Crippen LogP contribution in [0.4, 0.5) is 0 Å². The Balaban J connectivity index is 3.11. The first kappa shape index (κ1) is 15.0. The van der Waals surface area contributed by atoms with Crippen LogP contribution in [0.15, 0.2) is 34.2 Å². The van der Waals surface area contributed by atoms with E-state index in [-0.39, 0.29) is 21.5 Å². The molecule has 94 valence electrons. The third-order valence-electron chi connectivity index (χ3n) is 1.87. The number of halogens is 3. The molecule has 3 nitrogen and oxygen atoms in total. The summed E-state index contributed by atoms with van der Waals surface area (Å²) in [6, 6.07) is 2.96. The van der Waals surface area contributed by atoms with E-state index < -0.39 is 10.0 Å². The van der Waals surface area contributed by atoms with Gasteiger partial charge in [0.25, 0.3) is 0 Å². The quantitative estimate of drug-likeness (QED) is 0.645. The summed E-state index contributed by atoms with van der Waals surface area (Å²) in [5.41, 5.74) is 0. The van der Waals surface area contributed by atoms with Gasteiger partial charge in [0.05, 0.1) is 10.0 Å². The van der Waals surface area contributed by atoms with Gasteiger partial charge in [-0.3, -0.25) is 0 Å². The monoisotopic (exact) mass is 357 g/mol. The molecule has 1 N–H and O–H groups in total. The first-order valence-corrected chi connectivity index (χ1v) is 7.67. The van der Waals surface area contributed by atoms with E-state index in [0.717, 1.165) is 0 Å². The topological polar surface area (TPSA) is 46.2 Å². The highest BCUT2D eigenvalue weighted by Crippen LogP contribution is 2.32. The van der Waals surface area contributed by atoms with Gasteiger partial charge in [0.1, 0.15) is 4.90 Å². The zero-order valence-electron chi connectivity index (χ0n) is 8.71. The summed E-state index contributed by atoms with van der Waals surface area (Å²) in [5.74, 6) is 0. The molecule has 0 saturated carbocycles. The zero-order valence-corrected chi connectivity index (χ0v) is 12.6. The summed E-state index contributed by atoms with van der Waals surface area (Å²) in [6.07, 6.45) is 2.15. The Hall–Kier alpha value is -0.0700. The maximum Gasteiger partial charge on any atom is 0.243 e. The molecule has 0 radical (unpaired) electrons. The van der Waals surface area contributed by atoms with Crippen molar-refractivity contribution in [2.45, 2.75) is 11.3 Å². The average Bonchev–Trinajstić information content (AvgIpc) is 2.15. The fourth-order valence-corrected chi connectivity index (χ4v) is 4.13. The molecule has 0 unspecified atom stereocenters. The standard InChI is InChI=1S/C10H10BrCl2NO2S/c1-2-3-4-14-17(15,16)10-8(12)5-7(11)6-9(10)13/h2,5-6,14H,1,3-4H2. The SMILES string of the molecule is C=CCCNS(=O)(=O)c1c(Cl)cc(Br)cc1Cl. The van der Waals surface area contributed by atoms with Crippen molar-refractivity contribution >= 4 is 49.2 Å². The summed E-state index contributed by atoms with van der Waals surface area (Å²) >= 11 is 14.9. The van der Waals surface area contributed by atoms with Gasteiger partial charge < -0.3 is 0 Å². The number of nitrogens with one attached hydrogen (secondary N) is 1. The second kappa shape index (κ2) is 6.20. The molecule has 0 aromatic heterocycles. The maximum atomic E-state index is 11.9. The zero-order chi connectivity index (χ0) is 13.1. The molecule has 0 aliphatic heterocycles. The third kappa shape index (κ3) is 3.96. The van der Waals surface area contributed by atoms with Crippen molar-refractivity contribution in [3.63, 3.8) is 0 Å². The molecule has 0 bridgehead atoms. The molecule has 0 aliphatic carbocycles. The molecule has 7 heteroatoms. The molecule has 0 fully saturated rings. The molecule has 0 atom stereocenters. The van der Waals surface area contributed by atoms with E-state index in [1.165, 1.54) is 12.1 Å². The predicted octanol–water partition coefficient (Wildman–Crippen LogP) is 3.61. The van der Waals surface area contributed by atoms with Gasteiger partial charge in [-0.25, -0.2) is 13.1 Å². The van der Waals surface area contributed by atoms with E-state index >= 15 is 0 Å². The Morgan fingerprint density at radius 2 is 1.88 bits per heavy atom. The van der Waals surface area contributed by atoms with Crippen LogP contribution in [-0.4, -0.2) is 15.0 Å². The molecule has 0 heterocycles. The first-order chi connectivity index (χ1) is 7.88. The number of sulfonamides is 1. The molecule has 0 aliphatic rings. The lowest BCUT2D eigenvalue weighted by Gasteiger charge is -2.09. The lowest BCUT2D eigenvalue weighted by Crippen LogP contribution is -2.25. The van der Waals surface area contributed by atoms with Crippen molar-refractivity contribution in [3.05, 3.63) is 39.3 Å². The van der Waals surface area contributed by atoms with Crippen LogP contribution >= 0.6 is 39.1 Å². The van der Waals surface area contributed by atoms with E-state index in [2.05, 4.69) is 27.2 Å². The Morgan fingerprint density at radius 3 is 2.35 bits per heavy atom. The average molecular weight is 359 g/mol. The molecule has 1 aromatic rings. The Morgan fingerprint density at radius 1 is 1.35 bits per heavy atom. The minimum Gasteiger partial charge on any atom is -0.211 e. The van der Waals surface area contributed by atoms with Crippen molar-refractivity contribution in [2.24, 2.45) is 0 Å². The van der Waals surface area contributed by atoms with Crippen LogP contribution in [0.5, 0.6) is 0 Å². The predicted molar refractivity (Wildman–Crippen MR) is 74.2 cm³/mol. The molecular formula is C10H10BrCl2NO2S. The van der Waals surface area contributed by atoms with Crippen LogP contribution in [-0.2, 0) is 10.0 Å². The third-order valence-corrected chi connectivity index (χ3v) is 4.71. The summed E-state index contributed by atoms with van der Waals surface area (Å²) in [5, 5.41) is 0.158. The Labute approximate surface area is 119 Å². The van der Waals surface area contributed by atoms with Crippen LogP contribution < -0.4 is 4.72 Å². The minimum atomic E-state index is -3.69. The number of rotatable bonds is 5. The highest BCUT2D eigenvalue weighted by molar-refractivity contribution is 9.10. The lowest BCUT2D eigenvalue weighted by molar-refractivity contribution is 0.582. The van der Waals surface area contributed by atoms with Crippen LogP contribution in [0.25, 0.3) is 0 Å². The van der Waals surface area contributed by atoms with E-state index in [1.807, 2.05) is 0 Å². The summed E-state index contributed by atoms with van der Waals surface area (Å²) in [6.45, 7) is 3.77. The van der Waals surface area contributed by atoms with Gasteiger partial charge in [-0.15, -0.1) is 6.58 Å². The van der Waals surface area contributed by atoms with Gasteiger partial charge in [0.15, 0.2) is 0 Å². The van der Waals surface area contributed by atoms with Crippen molar-refractivity contribution in [2.75, 3.05) is 6.54 Å². The highest BCUT2D eigenvalue weighted by Gasteiger charge is 2.21. The molecule has 1 aromatic carbocycles. The second-order valence-corrected chi connectivity index (χ2v) is 6.61. The lowest BCUT2D eigenvalue weighted by atomic mass is 10.4. The van der Waals surface area contributed by atoms with Crippen LogP contribution in [0, 0.1) is 0 Å². The fraction of sp³-hybridized carbons (Fsp3) is 0.200. The van der Waals surface area contributed by atoms with Crippen LogP contribution in [0.1, 0.15) is 6.42 Å². The van der Waals surface area contributed by atoms with Gasteiger partial charge in [0, 0.05) is 11.0 Å². The first-order valence-electron chi connectivity index (χ1n) is 4.63. The van der Waals surface area contributed by atoms with Crippen LogP contribution in [0.3, 0.4) is 0 Å². The van der Waals surface area contributed by atoms with E-state index in [4.69, 9.17) is 23.2 Å². The van der Waals surface area contributed by atoms with Crippen LogP contribution in [0.2, 0.25) is 10.0 Å². The smallest absolute Gasteiger partial charge is 0.211 e. The summed E-state index contributed by atoms with van der Waals surface area (Å²) < 4.78 is 26.9. The van der Waals surface area contributed by atoms with E-state index in [1.54, 1.807) is 6.08 Å². The molecule has 0 saturated heterocycles. The van der Waals surface area contributed by atoms with Crippen molar-refractivity contribution in [1.82, 2.24) is 4.72 Å². The van der Waals surface area contributed by atoms with Gasteiger partial charge in [-0.05, 0) is 18.6 Å². The Bertz CT molecular complexity index is 508. The molecule has 17 heavy (non-hydrogen) atoms. The largest absolute Gasteiger partial charge is 0.243 e. The molecule has 0 amide bonds. The van der Waals surface area contributed by atoms with Crippen molar-refractivity contribution in [3.8, 4) is 0 Å². The molecular weight excluding hydrogens is 349 g/mol. The number of hydrogen-bond donors (Lipinski definition) is 1.